The fraction of sp³-hybridized carbons (Fsp3) is 1.00. The Morgan fingerprint density at radius 1 is 0.522 bits per heavy atom. The molecule has 6 heteroatoms. The highest BCUT2D eigenvalue weighted by atomic mass is 79.9. The Labute approximate surface area is 158 Å². The van der Waals surface area contributed by atoms with Crippen LogP contribution >= 0.6 is 0 Å². The van der Waals surface area contributed by atoms with Gasteiger partial charge < -0.3 is 40.6 Å². The molecule has 0 rings (SSSR count). The third kappa shape index (κ3) is 232. The number of halogens is 1. The minimum atomic E-state index is -1.70. The van der Waals surface area contributed by atoms with Gasteiger partial charge in [-0.25, -0.2) is 6.29 Å². The van der Waals surface area contributed by atoms with Crippen LogP contribution in [-0.4, -0.2) is 104 Å². The molecule has 0 aromatic heterocycles. The quantitative estimate of drug-likeness (QED) is 0.320. The topological polar surface area (TPSA) is 46.1 Å². The highest BCUT2D eigenvalue weighted by Gasteiger charge is 2.02. The first-order valence-electron chi connectivity index (χ1n) is 7.63. The van der Waals surface area contributed by atoms with Crippen molar-refractivity contribution in [3.8, 4) is 0 Å². The molecule has 0 spiro atoms. The van der Waals surface area contributed by atoms with Crippen molar-refractivity contribution in [1.29, 1.82) is 0 Å². The maximum Gasteiger partial charge on any atom is 0.0675 e. The van der Waals surface area contributed by atoms with Crippen LogP contribution in [0.15, 0.2) is 0 Å². The maximum atomic E-state index is 9.99. The first kappa shape index (κ1) is 34.6. The fourth-order valence-corrected chi connectivity index (χ4v) is 0. The molecule has 0 saturated heterocycles. The standard InChI is InChI=1S/C5H10O2.3C4H12N.BrH/c1-5(2,3)4(6)7;3*1-5(2,3)4;/h4H,1-3H3;3*1-4H3;1H/q-2;3*+1;/p-1. The molecule has 0 atom stereocenters. The van der Waals surface area contributed by atoms with Gasteiger partial charge in [-0.2, -0.15) is 0 Å². The Bertz CT molecular complexity index is 198. The lowest BCUT2D eigenvalue weighted by Crippen LogP contribution is -3.00. The van der Waals surface area contributed by atoms with Gasteiger partial charge in [0.1, 0.15) is 0 Å². The van der Waals surface area contributed by atoms with Crippen molar-refractivity contribution >= 4 is 0 Å². The molecule has 0 heterocycles. The van der Waals surface area contributed by atoms with Crippen molar-refractivity contribution in [2.45, 2.75) is 27.1 Å². The Morgan fingerprint density at radius 3 is 0.565 bits per heavy atom. The van der Waals surface area contributed by atoms with Crippen LogP contribution in [0.25, 0.3) is 0 Å². The Hall–Kier alpha value is 0.280. The van der Waals surface area contributed by atoms with Gasteiger partial charge in [-0.1, -0.05) is 26.2 Å². The summed E-state index contributed by atoms with van der Waals surface area (Å²) in [6.07, 6.45) is -1.70. The average molecular weight is 404 g/mol. The predicted octanol–water partition coefficient (Wildman–Crippen LogP) is -2.95. The van der Waals surface area contributed by atoms with Gasteiger partial charge in [-0.15, -0.1) is 0 Å². The Balaban J connectivity index is -0.0000000625. The molecule has 0 bridgehead atoms. The van der Waals surface area contributed by atoms with E-state index in [0.29, 0.717) is 0 Å². The molecule has 0 N–H and O–H groups in total. The summed E-state index contributed by atoms with van der Waals surface area (Å²) < 4.78 is 3.00. The number of hydrogen-bond donors (Lipinski definition) is 0. The minimum Gasteiger partial charge on any atom is -1.00 e. The van der Waals surface area contributed by atoms with E-state index in [1.54, 1.807) is 20.8 Å². The van der Waals surface area contributed by atoms with Gasteiger partial charge in [0.05, 0.1) is 84.6 Å². The molecule has 148 valence electrons. The van der Waals surface area contributed by atoms with Gasteiger partial charge in [-0.3, -0.25) is 0 Å². The molecule has 0 aromatic carbocycles. The first-order valence-corrected chi connectivity index (χ1v) is 7.63. The SMILES string of the molecule is CC(C)(C)C([O-])[O-].C[N+](C)(C)C.C[N+](C)(C)C.C[N+](C)(C)C.[Br-]. The van der Waals surface area contributed by atoms with Gasteiger partial charge in [0.2, 0.25) is 0 Å². The molecule has 0 aromatic rings. The van der Waals surface area contributed by atoms with E-state index in [-0.39, 0.29) is 17.0 Å². The lowest BCUT2D eigenvalue weighted by molar-refractivity contribution is -0.849. The second-order valence-corrected chi connectivity index (χ2v) is 10.7. The van der Waals surface area contributed by atoms with E-state index in [9.17, 15) is 10.2 Å². The summed E-state index contributed by atoms with van der Waals surface area (Å²) in [6, 6.07) is 0. The lowest BCUT2D eigenvalue weighted by Gasteiger charge is -2.42. The normalized spacial score (nSPS) is 11.7. The van der Waals surface area contributed by atoms with Crippen molar-refractivity contribution in [1.82, 2.24) is 0 Å². The Morgan fingerprint density at radius 2 is 0.565 bits per heavy atom. The first-order chi connectivity index (χ1) is 8.94. The molecule has 0 radical (unpaired) electrons. The average Bonchev–Trinajstić information content (AvgIpc) is 1.89. The third-order valence-corrected chi connectivity index (χ3v) is 0.707. The van der Waals surface area contributed by atoms with E-state index in [0.717, 1.165) is 13.4 Å². The van der Waals surface area contributed by atoms with Crippen LogP contribution in [0.2, 0.25) is 0 Å². The summed E-state index contributed by atoms with van der Waals surface area (Å²) >= 11 is 0. The van der Waals surface area contributed by atoms with E-state index in [1.807, 2.05) is 0 Å². The van der Waals surface area contributed by atoms with Gasteiger partial charge in [-0.05, 0) is 0 Å². The van der Waals surface area contributed by atoms with E-state index < -0.39 is 11.7 Å². The molecular weight excluding hydrogens is 358 g/mol. The molecule has 5 nitrogen and oxygen atoms in total. The van der Waals surface area contributed by atoms with Crippen LogP contribution in [0.5, 0.6) is 0 Å². The van der Waals surface area contributed by atoms with Crippen LogP contribution in [0.1, 0.15) is 20.8 Å². The summed E-state index contributed by atoms with van der Waals surface area (Å²) in [5.41, 5.74) is -0.611. The van der Waals surface area contributed by atoms with Crippen LogP contribution in [0.3, 0.4) is 0 Å². The van der Waals surface area contributed by atoms with Crippen LogP contribution in [0, 0.1) is 5.41 Å². The highest BCUT2D eigenvalue weighted by molar-refractivity contribution is 4.58. The molecule has 23 heavy (non-hydrogen) atoms. The third-order valence-electron chi connectivity index (χ3n) is 0.707. The van der Waals surface area contributed by atoms with Crippen molar-refractivity contribution in [2.75, 3.05) is 84.6 Å². The second kappa shape index (κ2) is 13.6. The smallest absolute Gasteiger partial charge is 0.0675 e. The van der Waals surface area contributed by atoms with Gasteiger partial charge in [0, 0.05) is 0 Å². The van der Waals surface area contributed by atoms with Gasteiger partial charge >= 0.3 is 0 Å². The zero-order valence-corrected chi connectivity index (χ0v) is 20.2. The summed E-state index contributed by atoms with van der Waals surface area (Å²) in [5.74, 6) is 0. The Kier molecular flexibility index (Phi) is 20.4. The van der Waals surface area contributed by atoms with E-state index in [4.69, 9.17) is 0 Å². The maximum absolute atomic E-state index is 9.99. The summed E-state index contributed by atoms with van der Waals surface area (Å²) in [4.78, 5) is 0. The van der Waals surface area contributed by atoms with Gasteiger partial charge in [0.15, 0.2) is 0 Å². The van der Waals surface area contributed by atoms with E-state index in [1.165, 1.54) is 0 Å². The molecule has 0 aliphatic carbocycles. The summed E-state index contributed by atoms with van der Waals surface area (Å²) in [6.45, 7) is 4.91. The van der Waals surface area contributed by atoms with Crippen molar-refractivity contribution in [3.05, 3.63) is 0 Å². The van der Waals surface area contributed by atoms with Gasteiger partial charge in [0.25, 0.3) is 0 Å². The van der Waals surface area contributed by atoms with Crippen molar-refractivity contribution < 1.29 is 40.6 Å². The van der Waals surface area contributed by atoms with Crippen molar-refractivity contribution in [3.63, 3.8) is 0 Å². The van der Waals surface area contributed by atoms with E-state index in [2.05, 4.69) is 84.6 Å². The number of rotatable bonds is 0. The minimum absolute atomic E-state index is 0. The molecular formula is C17H46BrN3O2. The molecule has 0 unspecified atom stereocenters. The van der Waals surface area contributed by atoms with E-state index >= 15 is 0 Å². The van der Waals surface area contributed by atoms with Crippen LogP contribution in [0.4, 0.5) is 0 Å². The number of nitrogens with zero attached hydrogens (tertiary/aromatic N) is 3. The summed E-state index contributed by atoms with van der Waals surface area (Å²) in [7, 11) is 25.5. The number of hydrogen-bond acceptors (Lipinski definition) is 2. The molecule has 0 aliphatic rings. The summed E-state index contributed by atoms with van der Waals surface area (Å²) in [5, 5.41) is 20.0. The molecule has 0 fully saturated rings. The molecule has 0 aliphatic heterocycles. The zero-order chi connectivity index (χ0) is 19.6. The lowest BCUT2D eigenvalue weighted by atomic mass is 9.96. The predicted molar refractivity (Wildman–Crippen MR) is 95.1 cm³/mol. The second-order valence-electron chi connectivity index (χ2n) is 10.7. The monoisotopic (exact) mass is 403 g/mol. The number of quaternary nitrogens is 3. The van der Waals surface area contributed by atoms with Crippen molar-refractivity contribution in [2.24, 2.45) is 5.41 Å². The molecule has 0 saturated carbocycles. The molecule has 0 amide bonds. The van der Waals surface area contributed by atoms with Crippen LogP contribution in [-0.2, 0) is 0 Å². The largest absolute Gasteiger partial charge is 1.00 e. The van der Waals surface area contributed by atoms with Crippen LogP contribution < -0.4 is 27.2 Å². The zero-order valence-electron chi connectivity index (χ0n) is 18.6. The fourth-order valence-electron chi connectivity index (χ4n) is 0. The highest BCUT2D eigenvalue weighted by Crippen LogP contribution is 2.11.